The third kappa shape index (κ3) is 3.29. The van der Waals surface area contributed by atoms with Gasteiger partial charge in [0.15, 0.2) is 0 Å². The molecular formula is C19H23N5O. The van der Waals surface area contributed by atoms with E-state index >= 15 is 0 Å². The van der Waals surface area contributed by atoms with Gasteiger partial charge in [-0.05, 0) is 38.0 Å². The summed E-state index contributed by atoms with van der Waals surface area (Å²) in [5.41, 5.74) is 2.11. The first-order valence-corrected chi connectivity index (χ1v) is 8.89. The topological polar surface area (TPSA) is 66.8 Å². The molecule has 25 heavy (non-hydrogen) atoms. The number of aromatic nitrogens is 4. The number of H-pyrrole nitrogens is 1. The fourth-order valence-corrected chi connectivity index (χ4v) is 3.67. The molecular weight excluding hydrogens is 314 g/mol. The second-order valence-electron chi connectivity index (χ2n) is 6.91. The highest BCUT2D eigenvalue weighted by molar-refractivity contribution is 5.78. The lowest BCUT2D eigenvalue weighted by Crippen LogP contribution is -2.39. The third-order valence-electron chi connectivity index (χ3n) is 5.13. The van der Waals surface area contributed by atoms with E-state index in [1.54, 1.807) is 18.7 Å². The zero-order chi connectivity index (χ0) is 17.2. The normalized spacial score (nSPS) is 19.2. The molecule has 3 aromatic heterocycles. The average Bonchev–Trinajstić information content (AvgIpc) is 3.31. The number of nitrogens with one attached hydrogen (secondary N) is 1. The zero-order valence-corrected chi connectivity index (χ0v) is 14.4. The van der Waals surface area contributed by atoms with Gasteiger partial charge in [0.2, 0.25) is 5.91 Å². The Morgan fingerprint density at radius 3 is 3.16 bits per heavy atom. The molecule has 1 saturated heterocycles. The van der Waals surface area contributed by atoms with Crippen molar-refractivity contribution in [2.24, 2.45) is 0 Å². The lowest BCUT2D eigenvalue weighted by Gasteiger charge is -2.33. The van der Waals surface area contributed by atoms with Crippen LogP contribution in [-0.4, -0.2) is 43.4 Å². The number of hydrogen-bond donors (Lipinski definition) is 1. The molecule has 4 heterocycles. The number of carbonyl (C=O) groups is 1. The molecule has 4 rings (SSSR count). The van der Waals surface area contributed by atoms with Crippen LogP contribution in [0.15, 0.2) is 43.1 Å². The van der Waals surface area contributed by atoms with Crippen molar-refractivity contribution in [3.05, 3.63) is 48.8 Å². The van der Waals surface area contributed by atoms with Gasteiger partial charge < -0.3 is 14.5 Å². The number of likely N-dealkylation sites (tertiary alicyclic amines) is 1. The van der Waals surface area contributed by atoms with Crippen LogP contribution in [0.4, 0.5) is 0 Å². The number of rotatable bonds is 4. The van der Waals surface area contributed by atoms with Crippen molar-refractivity contribution < 1.29 is 4.79 Å². The van der Waals surface area contributed by atoms with Crippen LogP contribution in [0.5, 0.6) is 0 Å². The van der Waals surface area contributed by atoms with Crippen LogP contribution in [0.25, 0.3) is 11.0 Å². The summed E-state index contributed by atoms with van der Waals surface area (Å²) in [7, 11) is 0. The minimum absolute atomic E-state index is 0.132. The maximum atomic E-state index is 12.7. The molecule has 0 unspecified atom stereocenters. The first-order valence-electron chi connectivity index (χ1n) is 8.89. The molecule has 0 spiro atoms. The minimum atomic E-state index is 0.132. The van der Waals surface area contributed by atoms with E-state index in [0.717, 1.165) is 37.0 Å². The number of nitrogens with zero attached hydrogens (tertiary/aromatic N) is 4. The summed E-state index contributed by atoms with van der Waals surface area (Å²) in [5.74, 6) is 0.579. The predicted molar refractivity (Wildman–Crippen MR) is 96.2 cm³/mol. The SMILES string of the molecule is C[C@H](CC(=O)N1CCC[C@@H](c2cc3cccnc3[nH]2)C1)n1ccnc1. The molecule has 3 aromatic rings. The molecule has 1 N–H and O–H groups in total. The van der Waals surface area contributed by atoms with Gasteiger partial charge in [-0.15, -0.1) is 0 Å². The lowest BCUT2D eigenvalue weighted by molar-refractivity contribution is -0.133. The number of fused-ring (bicyclic) bond motifs is 1. The van der Waals surface area contributed by atoms with Gasteiger partial charge in [0.25, 0.3) is 0 Å². The Morgan fingerprint density at radius 1 is 1.44 bits per heavy atom. The van der Waals surface area contributed by atoms with Crippen LogP contribution < -0.4 is 0 Å². The van der Waals surface area contributed by atoms with Crippen LogP contribution in [0.3, 0.4) is 0 Å². The van der Waals surface area contributed by atoms with Crippen LogP contribution in [0, 0.1) is 0 Å². The Hall–Kier alpha value is -2.63. The van der Waals surface area contributed by atoms with E-state index in [1.807, 2.05) is 21.7 Å². The Bertz CT molecular complexity index is 821. The summed E-state index contributed by atoms with van der Waals surface area (Å²) in [6.07, 6.45) is 9.89. The van der Waals surface area contributed by atoms with Crippen LogP contribution >= 0.6 is 0 Å². The third-order valence-corrected chi connectivity index (χ3v) is 5.13. The Balaban J connectivity index is 1.44. The molecule has 2 atom stereocenters. The number of amides is 1. The summed E-state index contributed by atoms with van der Waals surface area (Å²) >= 11 is 0. The van der Waals surface area contributed by atoms with Crippen LogP contribution in [0.2, 0.25) is 0 Å². The standard InChI is InChI=1S/C19H23N5O/c1-14(24-9-7-20-13-24)10-18(25)23-8-3-5-16(12-23)17-11-15-4-2-6-21-19(15)22-17/h2,4,6-7,9,11,13-14,16H,3,5,8,10,12H2,1H3,(H,21,22)/t14-,16-/m1/s1. The van der Waals surface area contributed by atoms with E-state index in [9.17, 15) is 4.79 Å². The van der Waals surface area contributed by atoms with E-state index < -0.39 is 0 Å². The summed E-state index contributed by atoms with van der Waals surface area (Å²) in [6, 6.07) is 6.33. The van der Waals surface area contributed by atoms with E-state index in [4.69, 9.17) is 0 Å². The molecule has 1 fully saturated rings. The number of imidazole rings is 1. The fraction of sp³-hybridized carbons (Fsp3) is 0.421. The van der Waals surface area contributed by atoms with Crippen molar-refractivity contribution in [3.63, 3.8) is 0 Å². The minimum Gasteiger partial charge on any atom is -0.343 e. The maximum Gasteiger partial charge on any atom is 0.224 e. The number of piperidine rings is 1. The van der Waals surface area contributed by atoms with Crippen molar-refractivity contribution in [1.29, 1.82) is 0 Å². The van der Waals surface area contributed by atoms with Gasteiger partial charge in [0.1, 0.15) is 5.65 Å². The molecule has 6 heteroatoms. The van der Waals surface area contributed by atoms with Gasteiger partial charge in [-0.2, -0.15) is 0 Å². The highest BCUT2D eigenvalue weighted by Crippen LogP contribution is 2.29. The highest BCUT2D eigenvalue weighted by atomic mass is 16.2. The van der Waals surface area contributed by atoms with E-state index in [0.29, 0.717) is 12.3 Å². The first kappa shape index (κ1) is 15.9. The Morgan fingerprint density at radius 2 is 2.36 bits per heavy atom. The Labute approximate surface area is 146 Å². The Kier molecular flexibility index (Phi) is 4.26. The van der Waals surface area contributed by atoms with Crippen molar-refractivity contribution in [3.8, 4) is 0 Å². The van der Waals surface area contributed by atoms with Gasteiger partial charge in [-0.3, -0.25) is 4.79 Å². The number of pyridine rings is 1. The van der Waals surface area contributed by atoms with Crippen molar-refractivity contribution in [1.82, 2.24) is 24.4 Å². The molecule has 6 nitrogen and oxygen atoms in total. The first-order chi connectivity index (χ1) is 12.2. The number of aromatic amines is 1. The second kappa shape index (κ2) is 6.70. The molecule has 0 radical (unpaired) electrons. The van der Waals surface area contributed by atoms with E-state index in [2.05, 4.69) is 34.0 Å². The van der Waals surface area contributed by atoms with Gasteiger partial charge in [0.05, 0.1) is 6.33 Å². The monoisotopic (exact) mass is 337 g/mol. The number of hydrogen-bond acceptors (Lipinski definition) is 3. The van der Waals surface area contributed by atoms with Crippen molar-refractivity contribution >= 4 is 16.9 Å². The summed E-state index contributed by atoms with van der Waals surface area (Å²) in [6.45, 7) is 3.69. The van der Waals surface area contributed by atoms with Crippen LogP contribution in [0.1, 0.15) is 43.8 Å². The van der Waals surface area contributed by atoms with Crippen molar-refractivity contribution in [2.75, 3.05) is 13.1 Å². The quantitative estimate of drug-likeness (QED) is 0.795. The zero-order valence-electron chi connectivity index (χ0n) is 14.4. The summed E-state index contributed by atoms with van der Waals surface area (Å²) in [4.78, 5) is 26.6. The van der Waals surface area contributed by atoms with Gasteiger partial charge in [0, 0.05) is 61.1 Å². The summed E-state index contributed by atoms with van der Waals surface area (Å²) in [5, 5.41) is 1.13. The van der Waals surface area contributed by atoms with Gasteiger partial charge >= 0.3 is 0 Å². The molecule has 0 bridgehead atoms. The molecule has 0 saturated carbocycles. The van der Waals surface area contributed by atoms with Gasteiger partial charge in [-0.25, -0.2) is 9.97 Å². The largest absolute Gasteiger partial charge is 0.343 e. The molecule has 130 valence electrons. The van der Waals surface area contributed by atoms with Crippen LogP contribution in [-0.2, 0) is 4.79 Å². The smallest absolute Gasteiger partial charge is 0.224 e. The molecule has 0 aliphatic carbocycles. The second-order valence-corrected chi connectivity index (χ2v) is 6.91. The maximum absolute atomic E-state index is 12.7. The molecule has 1 aliphatic heterocycles. The van der Waals surface area contributed by atoms with Gasteiger partial charge in [-0.1, -0.05) is 0 Å². The van der Waals surface area contributed by atoms with Crippen molar-refractivity contribution in [2.45, 2.75) is 38.1 Å². The molecule has 1 amide bonds. The lowest BCUT2D eigenvalue weighted by atomic mass is 9.94. The average molecular weight is 337 g/mol. The number of carbonyl (C=O) groups excluding carboxylic acids is 1. The highest BCUT2D eigenvalue weighted by Gasteiger charge is 2.26. The fourth-order valence-electron chi connectivity index (χ4n) is 3.67. The van der Waals surface area contributed by atoms with E-state index in [-0.39, 0.29) is 11.9 Å². The molecule has 1 aliphatic rings. The summed E-state index contributed by atoms with van der Waals surface area (Å²) < 4.78 is 1.99. The van der Waals surface area contributed by atoms with E-state index in [1.165, 1.54) is 5.69 Å². The predicted octanol–water partition coefficient (Wildman–Crippen LogP) is 3.12. The molecule has 0 aromatic carbocycles.